The van der Waals surface area contributed by atoms with Crippen molar-refractivity contribution in [2.45, 2.75) is 0 Å². The van der Waals surface area contributed by atoms with Crippen LogP contribution in [0.25, 0.3) is 6.08 Å². The minimum Gasteiger partial charge on any atom is -0.290 e. The Morgan fingerprint density at radius 2 is 1.96 bits per heavy atom. The highest BCUT2D eigenvalue weighted by molar-refractivity contribution is 8.18. The van der Waals surface area contributed by atoms with E-state index in [1.165, 1.54) is 11.0 Å². The summed E-state index contributed by atoms with van der Waals surface area (Å²) < 4.78 is 26.7. The van der Waals surface area contributed by atoms with Crippen molar-refractivity contribution in [1.29, 1.82) is 0 Å². The normalized spacial score (nSPS) is 18.0. The molecule has 0 unspecified atom stereocenters. The van der Waals surface area contributed by atoms with E-state index in [1.54, 1.807) is 31.3 Å². The third-order valence-corrected chi connectivity index (χ3v) is 4.73. The molecule has 3 rings (SSSR count). The maximum Gasteiger partial charge on any atom is 0.266 e. The molecule has 0 saturated carbocycles. The Labute approximate surface area is 146 Å². The zero-order chi connectivity index (χ0) is 17.3. The van der Waals surface area contributed by atoms with Crippen molar-refractivity contribution in [2.24, 2.45) is 4.99 Å². The SMILES string of the molecule is CN1C(=O)/C(=C\c2ccccc2Cl)SC1=Nc1ccc(F)cc1F. The van der Waals surface area contributed by atoms with Gasteiger partial charge in [0.25, 0.3) is 5.91 Å². The van der Waals surface area contributed by atoms with Gasteiger partial charge in [-0.1, -0.05) is 29.8 Å². The standard InChI is InChI=1S/C17H11ClF2N2OS/c1-22-16(23)15(8-10-4-2-3-5-12(10)18)24-17(22)21-14-7-6-11(19)9-13(14)20/h2-9H,1H3/b15-8+,21-17?. The van der Waals surface area contributed by atoms with Gasteiger partial charge in [0.15, 0.2) is 11.0 Å². The first kappa shape index (κ1) is 16.7. The van der Waals surface area contributed by atoms with Gasteiger partial charge in [-0.05, 0) is 41.6 Å². The average molecular weight is 365 g/mol. The fourth-order valence-corrected chi connectivity index (χ4v) is 3.22. The first-order valence-electron chi connectivity index (χ1n) is 6.91. The van der Waals surface area contributed by atoms with E-state index in [9.17, 15) is 13.6 Å². The molecule has 0 aliphatic carbocycles. The quantitative estimate of drug-likeness (QED) is 0.713. The van der Waals surface area contributed by atoms with E-state index >= 15 is 0 Å². The summed E-state index contributed by atoms with van der Waals surface area (Å²) in [5.74, 6) is -1.73. The second-order valence-corrected chi connectivity index (χ2v) is 6.40. The molecule has 1 heterocycles. The Balaban J connectivity index is 1.94. The maximum atomic E-state index is 13.7. The Morgan fingerprint density at radius 3 is 2.67 bits per heavy atom. The van der Waals surface area contributed by atoms with Crippen molar-refractivity contribution in [3.05, 3.63) is 69.6 Å². The lowest BCUT2D eigenvalue weighted by atomic mass is 10.2. The van der Waals surface area contributed by atoms with E-state index in [0.29, 0.717) is 20.7 Å². The van der Waals surface area contributed by atoms with Crippen molar-refractivity contribution < 1.29 is 13.6 Å². The fraction of sp³-hybridized carbons (Fsp3) is 0.0588. The third-order valence-electron chi connectivity index (χ3n) is 3.32. The number of hydrogen-bond acceptors (Lipinski definition) is 3. The van der Waals surface area contributed by atoms with Crippen molar-refractivity contribution in [3.63, 3.8) is 0 Å². The lowest BCUT2D eigenvalue weighted by molar-refractivity contribution is -0.121. The number of hydrogen-bond donors (Lipinski definition) is 0. The smallest absolute Gasteiger partial charge is 0.266 e. The van der Waals surface area contributed by atoms with Crippen LogP contribution in [0.15, 0.2) is 52.4 Å². The first-order chi connectivity index (χ1) is 11.5. The van der Waals surface area contributed by atoms with Crippen LogP contribution in [0.4, 0.5) is 14.5 Å². The van der Waals surface area contributed by atoms with Crippen molar-refractivity contribution >= 4 is 46.2 Å². The Morgan fingerprint density at radius 1 is 1.21 bits per heavy atom. The van der Waals surface area contributed by atoms with Crippen LogP contribution in [-0.2, 0) is 4.79 Å². The second-order valence-electron chi connectivity index (χ2n) is 4.99. The highest BCUT2D eigenvalue weighted by atomic mass is 35.5. The average Bonchev–Trinajstić information content (AvgIpc) is 2.80. The first-order valence-corrected chi connectivity index (χ1v) is 8.11. The van der Waals surface area contributed by atoms with Crippen LogP contribution in [0.3, 0.4) is 0 Å². The highest BCUT2D eigenvalue weighted by Crippen LogP contribution is 2.34. The van der Waals surface area contributed by atoms with Gasteiger partial charge in [0.1, 0.15) is 11.5 Å². The number of thioether (sulfide) groups is 1. The largest absolute Gasteiger partial charge is 0.290 e. The van der Waals surface area contributed by atoms with E-state index < -0.39 is 11.6 Å². The van der Waals surface area contributed by atoms with E-state index in [0.717, 1.165) is 23.9 Å². The van der Waals surface area contributed by atoms with Crippen molar-refractivity contribution in [2.75, 3.05) is 7.05 Å². The highest BCUT2D eigenvalue weighted by Gasteiger charge is 2.30. The Hall–Kier alpha value is -2.18. The molecule has 1 amide bonds. The van der Waals surface area contributed by atoms with E-state index in [1.807, 2.05) is 6.07 Å². The number of amides is 1. The summed E-state index contributed by atoms with van der Waals surface area (Å²) in [5, 5.41) is 0.833. The van der Waals surface area contributed by atoms with Gasteiger partial charge < -0.3 is 0 Å². The predicted molar refractivity (Wildman–Crippen MR) is 93.2 cm³/mol. The minimum absolute atomic E-state index is 0.0301. The Bertz CT molecular complexity index is 883. The molecule has 1 fully saturated rings. The molecule has 1 saturated heterocycles. The number of nitrogens with zero attached hydrogens (tertiary/aromatic N) is 2. The number of carbonyl (C=O) groups excluding carboxylic acids is 1. The number of likely N-dealkylation sites (N-methyl/N-ethyl adjacent to an activating group) is 1. The van der Waals surface area contributed by atoms with E-state index in [4.69, 9.17) is 11.6 Å². The summed E-state index contributed by atoms with van der Waals surface area (Å²) in [6, 6.07) is 10.2. The Kier molecular flexibility index (Phi) is 4.69. The number of amidine groups is 1. The van der Waals surface area contributed by atoms with Gasteiger partial charge >= 0.3 is 0 Å². The van der Waals surface area contributed by atoms with Crippen LogP contribution < -0.4 is 0 Å². The van der Waals surface area contributed by atoms with Gasteiger partial charge in [0.05, 0.1) is 4.91 Å². The molecular formula is C17H11ClF2N2OS. The van der Waals surface area contributed by atoms with Crippen LogP contribution in [0.5, 0.6) is 0 Å². The summed E-state index contributed by atoms with van der Waals surface area (Å²) in [5.41, 5.74) is 0.676. The molecule has 122 valence electrons. The summed E-state index contributed by atoms with van der Waals surface area (Å²) in [4.78, 5) is 18.2. The molecule has 1 aliphatic rings. The number of benzene rings is 2. The van der Waals surface area contributed by atoms with E-state index in [-0.39, 0.29) is 11.6 Å². The fourth-order valence-electron chi connectivity index (χ4n) is 2.06. The van der Waals surface area contributed by atoms with Gasteiger partial charge in [-0.2, -0.15) is 0 Å². The zero-order valence-corrected chi connectivity index (χ0v) is 14.0. The molecule has 24 heavy (non-hydrogen) atoms. The molecule has 0 bridgehead atoms. The molecule has 0 spiro atoms. The summed E-state index contributed by atoms with van der Waals surface area (Å²) in [6.07, 6.45) is 1.66. The molecule has 0 aromatic heterocycles. The number of rotatable bonds is 2. The number of aliphatic imine (C=N–C) groups is 1. The molecule has 7 heteroatoms. The van der Waals surface area contributed by atoms with Crippen molar-refractivity contribution in [1.82, 2.24) is 4.90 Å². The van der Waals surface area contributed by atoms with Crippen LogP contribution in [-0.4, -0.2) is 23.0 Å². The van der Waals surface area contributed by atoms with Crippen LogP contribution in [0.1, 0.15) is 5.56 Å². The van der Waals surface area contributed by atoms with Gasteiger partial charge in [-0.3, -0.25) is 9.69 Å². The van der Waals surface area contributed by atoms with E-state index in [2.05, 4.69) is 4.99 Å². The summed E-state index contributed by atoms with van der Waals surface area (Å²) in [6.45, 7) is 0. The van der Waals surface area contributed by atoms with Crippen LogP contribution in [0, 0.1) is 11.6 Å². The van der Waals surface area contributed by atoms with Crippen LogP contribution >= 0.6 is 23.4 Å². The lowest BCUT2D eigenvalue weighted by Crippen LogP contribution is -2.23. The molecule has 2 aromatic rings. The molecule has 1 aliphatic heterocycles. The summed E-state index contributed by atoms with van der Waals surface area (Å²) in [7, 11) is 1.54. The topological polar surface area (TPSA) is 32.7 Å². The van der Waals surface area contributed by atoms with Gasteiger partial charge in [-0.25, -0.2) is 13.8 Å². The molecule has 2 aromatic carbocycles. The van der Waals surface area contributed by atoms with Crippen LogP contribution in [0.2, 0.25) is 5.02 Å². The zero-order valence-electron chi connectivity index (χ0n) is 12.5. The summed E-state index contributed by atoms with van der Waals surface area (Å²) >= 11 is 7.20. The van der Waals surface area contributed by atoms with Gasteiger partial charge in [0, 0.05) is 18.1 Å². The molecular weight excluding hydrogens is 354 g/mol. The second kappa shape index (κ2) is 6.75. The third kappa shape index (κ3) is 3.34. The molecule has 0 radical (unpaired) electrons. The number of halogens is 3. The van der Waals surface area contributed by atoms with Crippen molar-refractivity contribution in [3.8, 4) is 0 Å². The number of carbonyl (C=O) groups is 1. The molecule has 0 N–H and O–H groups in total. The minimum atomic E-state index is -0.785. The predicted octanol–water partition coefficient (Wildman–Crippen LogP) is 4.85. The van der Waals surface area contributed by atoms with Gasteiger partial charge in [0.2, 0.25) is 0 Å². The molecule has 3 nitrogen and oxygen atoms in total. The van der Waals surface area contributed by atoms with Gasteiger partial charge in [-0.15, -0.1) is 0 Å². The lowest BCUT2D eigenvalue weighted by Gasteiger charge is -2.07. The molecule has 0 atom stereocenters. The maximum absolute atomic E-state index is 13.7. The monoisotopic (exact) mass is 364 g/mol.